The van der Waals surface area contributed by atoms with Gasteiger partial charge in [-0.15, -0.1) is 0 Å². The Morgan fingerprint density at radius 1 is 0.906 bits per heavy atom. The molecule has 3 aromatic rings. The van der Waals surface area contributed by atoms with Crippen LogP contribution in [0.25, 0.3) is 11.0 Å². The van der Waals surface area contributed by atoms with Gasteiger partial charge in [-0.05, 0) is 45.0 Å². The van der Waals surface area contributed by atoms with E-state index in [0.29, 0.717) is 59.4 Å². The molecule has 0 aliphatic heterocycles. The monoisotopic (exact) mass is 442 g/mol. The summed E-state index contributed by atoms with van der Waals surface area (Å²) < 4.78 is 32.9. The average Bonchev–Trinajstić information content (AvgIpc) is 2.78. The lowest BCUT2D eigenvalue weighted by Gasteiger charge is -2.17. The highest BCUT2D eigenvalue weighted by molar-refractivity contribution is 5.91. The van der Waals surface area contributed by atoms with Gasteiger partial charge in [0.25, 0.3) is 0 Å². The Balaban J connectivity index is 1.89. The first kappa shape index (κ1) is 23.0. The Labute approximate surface area is 185 Å². The third-order valence-electron chi connectivity index (χ3n) is 4.54. The van der Waals surface area contributed by atoms with Crippen LogP contribution in [-0.4, -0.2) is 32.9 Å². The number of ether oxygens (including phenoxy) is 5. The molecule has 32 heavy (non-hydrogen) atoms. The molecule has 8 heteroatoms. The Morgan fingerprint density at radius 2 is 1.56 bits per heavy atom. The van der Waals surface area contributed by atoms with Crippen LogP contribution in [0.15, 0.2) is 45.6 Å². The number of methoxy groups -OCH3 is 1. The van der Waals surface area contributed by atoms with E-state index in [0.717, 1.165) is 0 Å². The SMILES string of the molecule is CCOc1cc(C(=O)OCc2cc(=O)oc3cc(OC)ccc23)cc(OCC)c1OCC. The highest BCUT2D eigenvalue weighted by Crippen LogP contribution is 2.39. The summed E-state index contributed by atoms with van der Waals surface area (Å²) in [6.07, 6.45) is 0. The number of hydrogen-bond donors (Lipinski definition) is 0. The zero-order chi connectivity index (χ0) is 23.1. The van der Waals surface area contributed by atoms with Crippen LogP contribution in [0.1, 0.15) is 36.7 Å². The molecule has 0 saturated carbocycles. The third kappa shape index (κ3) is 5.14. The second-order valence-electron chi connectivity index (χ2n) is 6.63. The Bertz CT molecular complexity index is 1120. The van der Waals surface area contributed by atoms with Crippen molar-refractivity contribution in [2.75, 3.05) is 26.9 Å². The van der Waals surface area contributed by atoms with Crippen LogP contribution in [0, 0.1) is 0 Å². The Kier molecular flexibility index (Phi) is 7.59. The lowest BCUT2D eigenvalue weighted by molar-refractivity contribution is 0.0472. The van der Waals surface area contributed by atoms with E-state index in [4.69, 9.17) is 28.1 Å². The molecule has 3 rings (SSSR count). The van der Waals surface area contributed by atoms with E-state index >= 15 is 0 Å². The maximum atomic E-state index is 12.8. The van der Waals surface area contributed by atoms with Crippen molar-refractivity contribution in [1.29, 1.82) is 0 Å². The molecule has 0 saturated heterocycles. The molecule has 1 aromatic heterocycles. The largest absolute Gasteiger partial charge is 0.497 e. The summed E-state index contributed by atoms with van der Waals surface area (Å²) >= 11 is 0. The molecule has 0 atom stereocenters. The number of carbonyl (C=O) groups excluding carboxylic acids is 1. The zero-order valence-electron chi connectivity index (χ0n) is 18.6. The van der Waals surface area contributed by atoms with Gasteiger partial charge >= 0.3 is 11.6 Å². The van der Waals surface area contributed by atoms with Crippen LogP contribution in [0.4, 0.5) is 0 Å². The van der Waals surface area contributed by atoms with E-state index in [1.54, 1.807) is 30.3 Å². The van der Waals surface area contributed by atoms with Crippen LogP contribution in [0.5, 0.6) is 23.0 Å². The minimum absolute atomic E-state index is 0.117. The summed E-state index contributed by atoms with van der Waals surface area (Å²) in [6, 6.07) is 9.51. The minimum atomic E-state index is -0.593. The number of carbonyl (C=O) groups is 1. The summed E-state index contributed by atoms with van der Waals surface area (Å²) in [7, 11) is 1.52. The van der Waals surface area contributed by atoms with E-state index in [1.807, 2.05) is 20.8 Å². The normalized spacial score (nSPS) is 10.6. The van der Waals surface area contributed by atoms with Gasteiger partial charge in [0, 0.05) is 23.1 Å². The van der Waals surface area contributed by atoms with Gasteiger partial charge in [0.05, 0.1) is 32.5 Å². The molecule has 0 fully saturated rings. The van der Waals surface area contributed by atoms with Crippen LogP contribution in [0.2, 0.25) is 0 Å². The predicted octanol–water partition coefficient (Wildman–Crippen LogP) is 4.35. The van der Waals surface area contributed by atoms with Crippen molar-refractivity contribution in [3.8, 4) is 23.0 Å². The zero-order valence-corrected chi connectivity index (χ0v) is 18.6. The summed E-state index contributed by atoms with van der Waals surface area (Å²) in [4.78, 5) is 24.8. The lowest BCUT2D eigenvalue weighted by Crippen LogP contribution is -2.10. The van der Waals surface area contributed by atoms with E-state index in [-0.39, 0.29) is 12.2 Å². The second kappa shape index (κ2) is 10.6. The summed E-state index contributed by atoms with van der Waals surface area (Å²) in [5.41, 5.74) is 0.568. The van der Waals surface area contributed by atoms with Crippen molar-refractivity contribution in [3.63, 3.8) is 0 Å². The molecular formula is C24H26O8. The van der Waals surface area contributed by atoms with Gasteiger partial charge in [-0.25, -0.2) is 9.59 Å². The summed E-state index contributed by atoms with van der Waals surface area (Å²) in [5, 5.41) is 0.648. The number of rotatable bonds is 10. The predicted molar refractivity (Wildman–Crippen MR) is 118 cm³/mol. The lowest BCUT2D eigenvalue weighted by atomic mass is 10.1. The van der Waals surface area contributed by atoms with Crippen molar-refractivity contribution >= 4 is 16.9 Å². The molecule has 1 heterocycles. The van der Waals surface area contributed by atoms with Crippen molar-refractivity contribution in [2.45, 2.75) is 27.4 Å². The van der Waals surface area contributed by atoms with Gasteiger partial charge < -0.3 is 28.1 Å². The van der Waals surface area contributed by atoms with E-state index in [9.17, 15) is 9.59 Å². The third-order valence-corrected chi connectivity index (χ3v) is 4.54. The van der Waals surface area contributed by atoms with Gasteiger partial charge in [0.15, 0.2) is 11.5 Å². The summed E-state index contributed by atoms with van der Waals surface area (Å²) in [5.74, 6) is 1.18. The smallest absolute Gasteiger partial charge is 0.338 e. The highest BCUT2D eigenvalue weighted by Gasteiger charge is 2.20. The molecule has 0 aliphatic carbocycles. The van der Waals surface area contributed by atoms with Crippen molar-refractivity contribution in [2.24, 2.45) is 0 Å². The maximum absolute atomic E-state index is 12.8. The second-order valence-corrected chi connectivity index (χ2v) is 6.63. The topological polar surface area (TPSA) is 93.4 Å². The molecule has 2 aromatic carbocycles. The fourth-order valence-corrected chi connectivity index (χ4v) is 3.19. The number of esters is 1. The number of hydrogen-bond acceptors (Lipinski definition) is 8. The van der Waals surface area contributed by atoms with Gasteiger partial charge in [-0.3, -0.25) is 0 Å². The van der Waals surface area contributed by atoms with Gasteiger partial charge in [0.1, 0.15) is 17.9 Å². The van der Waals surface area contributed by atoms with Crippen molar-refractivity contribution < 1.29 is 32.9 Å². The van der Waals surface area contributed by atoms with E-state index in [2.05, 4.69) is 0 Å². The molecule has 0 unspecified atom stereocenters. The van der Waals surface area contributed by atoms with E-state index < -0.39 is 11.6 Å². The number of benzene rings is 2. The fourth-order valence-electron chi connectivity index (χ4n) is 3.19. The average molecular weight is 442 g/mol. The fraction of sp³-hybridized carbons (Fsp3) is 0.333. The van der Waals surface area contributed by atoms with Crippen LogP contribution >= 0.6 is 0 Å². The first-order valence-corrected chi connectivity index (χ1v) is 10.3. The first-order valence-electron chi connectivity index (χ1n) is 10.3. The van der Waals surface area contributed by atoms with Crippen LogP contribution in [0.3, 0.4) is 0 Å². The van der Waals surface area contributed by atoms with Crippen LogP contribution in [-0.2, 0) is 11.3 Å². The molecule has 0 aliphatic rings. The van der Waals surface area contributed by atoms with Crippen molar-refractivity contribution in [1.82, 2.24) is 0 Å². The molecule has 0 amide bonds. The standard InChI is InChI=1S/C24H26O8/c1-5-28-20-10-15(11-21(29-6-2)23(20)30-7-3)24(26)31-14-16-12-22(25)32-19-13-17(27-4)8-9-18(16)19/h8-13H,5-7,14H2,1-4H3. The minimum Gasteiger partial charge on any atom is -0.497 e. The number of fused-ring (bicyclic) bond motifs is 1. The van der Waals surface area contributed by atoms with Gasteiger partial charge in [0.2, 0.25) is 5.75 Å². The van der Waals surface area contributed by atoms with Gasteiger partial charge in [-0.1, -0.05) is 0 Å². The van der Waals surface area contributed by atoms with Crippen molar-refractivity contribution in [3.05, 3.63) is 57.9 Å². The Hall–Kier alpha value is -3.68. The van der Waals surface area contributed by atoms with Gasteiger partial charge in [-0.2, -0.15) is 0 Å². The molecule has 0 spiro atoms. The first-order chi connectivity index (χ1) is 15.5. The molecular weight excluding hydrogens is 416 g/mol. The van der Waals surface area contributed by atoms with Crippen LogP contribution < -0.4 is 24.6 Å². The summed E-state index contributed by atoms with van der Waals surface area (Å²) in [6.45, 7) is 6.60. The molecule has 170 valence electrons. The molecule has 0 radical (unpaired) electrons. The molecule has 0 bridgehead atoms. The quantitative estimate of drug-likeness (QED) is 0.338. The Morgan fingerprint density at radius 3 is 2.16 bits per heavy atom. The highest BCUT2D eigenvalue weighted by atomic mass is 16.5. The molecule has 0 N–H and O–H groups in total. The maximum Gasteiger partial charge on any atom is 0.338 e. The van der Waals surface area contributed by atoms with E-state index in [1.165, 1.54) is 13.2 Å². The molecule has 8 nitrogen and oxygen atoms in total.